The Morgan fingerprint density at radius 1 is 0.922 bits per heavy atom. The van der Waals surface area contributed by atoms with E-state index in [2.05, 4.69) is 15.2 Å². The third-order valence-electron chi connectivity index (χ3n) is 13.9. The maximum absolute atomic E-state index is 14.4. The van der Waals surface area contributed by atoms with Crippen molar-refractivity contribution < 1.29 is 81.3 Å². The molecule has 1 saturated heterocycles. The van der Waals surface area contributed by atoms with E-state index < -0.39 is 73.2 Å². The smallest absolute Gasteiger partial charge is 0.481 e. The molecule has 77 heavy (non-hydrogen) atoms. The van der Waals surface area contributed by atoms with E-state index >= 15 is 0 Å². The number of nitrogens with zero attached hydrogens (tertiary/aromatic N) is 4. The highest BCUT2D eigenvalue weighted by molar-refractivity contribution is 7.46. The number of Topliss-reactive ketones (excluding diaryl/α,β-unsaturated/α-hetero) is 2. The number of phosphoric acid groups is 1. The number of carbonyl (C=O) groups is 8. The Balaban J connectivity index is 1.42. The SMILES string of the molecule is CC[C@H](C)[C@H](CC(=O)C1CCCCN1C)C(=O)N(C)[C@H](C[C@@H](OC(C)=O)c1nc(C(=O)C[C@@H](Cc2ccc(OP(=O)(O)O)c(NC(=O)CCOCCOCCOCCN3C(=O)C=CC3=O)c2)CC(C)C(=O)O)cs1)C(C)C. The number of carbonyl (C=O) groups excluding carboxylic acids is 7. The summed E-state index contributed by atoms with van der Waals surface area (Å²) in [5, 5.41) is 14.3. The standard InChI is InChI=1S/C53H78N5O17PS/c1-9-34(4)39(30-45(61)42-12-10-11-18-56(42)7)52(65)57(8)43(33(2)3)31-47(74-36(6)59)51-55-41(32-77-51)44(60)29-38(26-35(5)53(66)67)27-37-13-14-46(75-76(68,69)70)40(28-37)54-48(62)17-20-71-22-24-73-25-23-72-21-19-58-49(63)15-16-50(58)64/h13-16,28,32-35,38-39,42-43,47H,9-12,17-27,29-31H2,1-8H3,(H,54,62)(H,66,67)(H2,68,69,70)/t34-,35?,38+,39-,42?,43+,47+/m0/s1. The molecule has 22 nitrogen and oxygen atoms in total. The van der Waals surface area contributed by atoms with Gasteiger partial charge in [-0.1, -0.05) is 53.5 Å². The van der Waals surface area contributed by atoms with Gasteiger partial charge in [0.2, 0.25) is 11.8 Å². The fourth-order valence-electron chi connectivity index (χ4n) is 9.41. The summed E-state index contributed by atoms with van der Waals surface area (Å²) in [5.41, 5.74) is 0.453. The third kappa shape index (κ3) is 21.1. The monoisotopic (exact) mass is 1120 g/mol. The molecule has 2 aliphatic rings. The molecule has 2 unspecified atom stereocenters. The van der Waals surface area contributed by atoms with E-state index in [0.717, 1.165) is 42.0 Å². The number of piperidine rings is 1. The van der Waals surface area contributed by atoms with E-state index in [1.54, 1.807) is 17.3 Å². The molecule has 4 N–H and O–H groups in total. The summed E-state index contributed by atoms with van der Waals surface area (Å²) in [6, 6.07) is 3.48. The summed E-state index contributed by atoms with van der Waals surface area (Å²) >= 11 is 1.11. The lowest BCUT2D eigenvalue weighted by Gasteiger charge is -2.37. The number of thiazole rings is 1. The zero-order chi connectivity index (χ0) is 57.0. The van der Waals surface area contributed by atoms with Gasteiger partial charge in [0.25, 0.3) is 11.8 Å². The summed E-state index contributed by atoms with van der Waals surface area (Å²) < 4.78 is 39.0. The molecule has 428 valence electrons. The van der Waals surface area contributed by atoms with Crippen molar-refractivity contribution in [1.82, 2.24) is 19.7 Å². The minimum atomic E-state index is -5.10. The van der Waals surface area contributed by atoms with Crippen LogP contribution in [0.2, 0.25) is 0 Å². The number of rotatable bonds is 35. The predicted octanol–water partition coefficient (Wildman–Crippen LogP) is 6.04. The maximum Gasteiger partial charge on any atom is 0.524 e. The Hall–Kier alpha value is -5.26. The molecule has 0 aliphatic carbocycles. The average Bonchev–Trinajstić information content (AvgIpc) is 3.99. The van der Waals surface area contributed by atoms with Crippen molar-refractivity contribution in [2.45, 2.75) is 124 Å². The van der Waals surface area contributed by atoms with E-state index in [9.17, 15) is 57.8 Å². The van der Waals surface area contributed by atoms with Crippen molar-refractivity contribution in [3.05, 3.63) is 52.0 Å². The molecular weight excluding hydrogens is 1040 g/mol. The summed E-state index contributed by atoms with van der Waals surface area (Å²) in [6.45, 7) is 12.4. The lowest BCUT2D eigenvalue weighted by Crippen LogP contribution is -2.48. The van der Waals surface area contributed by atoms with Gasteiger partial charge in [-0.2, -0.15) is 0 Å². The molecule has 0 spiro atoms. The minimum absolute atomic E-state index is 0.0428. The van der Waals surface area contributed by atoms with Gasteiger partial charge >= 0.3 is 19.8 Å². The number of likely N-dealkylation sites (N-methyl/N-ethyl adjacent to an activating group) is 1. The number of benzene rings is 1. The summed E-state index contributed by atoms with van der Waals surface area (Å²) in [5.74, 6) is -6.18. The maximum atomic E-state index is 14.4. The van der Waals surface area contributed by atoms with Gasteiger partial charge < -0.3 is 38.8 Å². The van der Waals surface area contributed by atoms with Crippen molar-refractivity contribution in [3.63, 3.8) is 0 Å². The summed E-state index contributed by atoms with van der Waals surface area (Å²) in [6.07, 6.45) is 4.96. The number of phosphoric ester groups is 1. The second-order valence-corrected chi connectivity index (χ2v) is 22.3. The lowest BCUT2D eigenvalue weighted by molar-refractivity contribution is -0.150. The molecule has 24 heteroatoms. The number of ketones is 2. The van der Waals surface area contributed by atoms with Crippen molar-refractivity contribution in [2.75, 3.05) is 72.1 Å². The van der Waals surface area contributed by atoms with Crippen molar-refractivity contribution in [3.8, 4) is 5.75 Å². The number of hydrogen-bond acceptors (Lipinski definition) is 17. The van der Waals surface area contributed by atoms with E-state index in [4.69, 9.17) is 23.5 Å². The van der Waals surface area contributed by atoms with E-state index in [-0.39, 0.29) is 131 Å². The molecule has 0 bridgehead atoms. The van der Waals surface area contributed by atoms with Crippen LogP contribution in [-0.2, 0) is 63.5 Å². The van der Waals surface area contributed by atoms with Crippen LogP contribution in [0.3, 0.4) is 0 Å². The normalized spacial score (nSPS) is 17.4. The van der Waals surface area contributed by atoms with Crippen LogP contribution in [0.15, 0.2) is 35.7 Å². The number of ether oxygens (including phenoxy) is 4. The fraction of sp³-hybridized carbons (Fsp3) is 0.642. The molecule has 1 aromatic carbocycles. The van der Waals surface area contributed by atoms with E-state index in [1.807, 2.05) is 34.7 Å². The Kier molecular flexibility index (Phi) is 26.2. The highest BCUT2D eigenvalue weighted by atomic mass is 32.1. The molecule has 4 rings (SSSR count). The van der Waals surface area contributed by atoms with Crippen LogP contribution in [0.1, 0.15) is 126 Å². The van der Waals surface area contributed by atoms with Crippen LogP contribution >= 0.6 is 19.2 Å². The number of carboxylic acid groups (broad SMARTS) is 1. The first-order chi connectivity index (χ1) is 36.4. The van der Waals surface area contributed by atoms with Crippen LogP contribution in [0.5, 0.6) is 5.75 Å². The molecule has 2 aromatic rings. The Bertz CT molecular complexity index is 2410. The Labute approximate surface area is 454 Å². The zero-order valence-electron chi connectivity index (χ0n) is 45.5. The lowest BCUT2D eigenvalue weighted by atomic mass is 9.83. The first kappa shape index (κ1) is 64.3. The molecule has 0 radical (unpaired) electrons. The van der Waals surface area contributed by atoms with Crippen LogP contribution in [0, 0.1) is 29.6 Å². The first-order valence-electron chi connectivity index (χ1n) is 26.2. The summed E-state index contributed by atoms with van der Waals surface area (Å²) in [4.78, 5) is 132. The van der Waals surface area contributed by atoms with Crippen molar-refractivity contribution in [1.29, 1.82) is 0 Å². The number of likely N-dealkylation sites (tertiary alicyclic amines) is 1. The number of imide groups is 1. The number of esters is 1. The molecule has 1 aromatic heterocycles. The first-order valence-corrected chi connectivity index (χ1v) is 28.6. The molecule has 2 aliphatic heterocycles. The van der Waals surface area contributed by atoms with Crippen LogP contribution < -0.4 is 9.84 Å². The number of aliphatic carboxylic acids is 1. The molecule has 7 atom stereocenters. The van der Waals surface area contributed by atoms with Crippen molar-refractivity contribution in [2.24, 2.45) is 29.6 Å². The Morgan fingerprint density at radius 3 is 2.17 bits per heavy atom. The largest absolute Gasteiger partial charge is 0.524 e. The van der Waals surface area contributed by atoms with Gasteiger partial charge in [0, 0.05) is 62.7 Å². The zero-order valence-corrected chi connectivity index (χ0v) is 47.2. The highest BCUT2D eigenvalue weighted by Crippen LogP contribution is 2.42. The van der Waals surface area contributed by atoms with Gasteiger partial charge in [0.15, 0.2) is 23.4 Å². The van der Waals surface area contributed by atoms with Crippen LogP contribution in [-0.4, -0.2) is 161 Å². The van der Waals surface area contributed by atoms with Crippen molar-refractivity contribution >= 4 is 72.0 Å². The second kappa shape index (κ2) is 31.4. The molecule has 1 fully saturated rings. The highest BCUT2D eigenvalue weighted by Gasteiger charge is 2.38. The van der Waals surface area contributed by atoms with Gasteiger partial charge in [-0.15, -0.1) is 11.3 Å². The number of hydrogen-bond donors (Lipinski definition) is 4. The number of anilines is 1. The van der Waals surface area contributed by atoms with Gasteiger partial charge in [0.05, 0.1) is 70.3 Å². The molecule has 3 heterocycles. The van der Waals surface area contributed by atoms with Crippen LogP contribution in [0.4, 0.5) is 5.69 Å². The number of carboxylic acids is 1. The van der Waals surface area contributed by atoms with Gasteiger partial charge in [0.1, 0.15) is 10.7 Å². The average molecular weight is 1120 g/mol. The van der Waals surface area contributed by atoms with Gasteiger partial charge in [-0.25, -0.2) is 9.55 Å². The third-order valence-corrected chi connectivity index (χ3v) is 15.3. The number of aromatic nitrogens is 1. The van der Waals surface area contributed by atoms with Gasteiger partial charge in [-0.3, -0.25) is 57.9 Å². The number of amides is 4. The number of nitrogens with one attached hydrogen (secondary N) is 1. The van der Waals surface area contributed by atoms with Crippen LogP contribution in [0.25, 0.3) is 0 Å². The fourth-order valence-corrected chi connectivity index (χ4v) is 10.7. The van der Waals surface area contributed by atoms with E-state index in [0.29, 0.717) is 17.0 Å². The molecule has 4 amide bonds. The predicted molar refractivity (Wildman–Crippen MR) is 284 cm³/mol. The summed E-state index contributed by atoms with van der Waals surface area (Å²) in [7, 11) is -1.44. The van der Waals surface area contributed by atoms with E-state index in [1.165, 1.54) is 44.2 Å². The minimum Gasteiger partial charge on any atom is -0.481 e. The topological polar surface area (TPSA) is 295 Å². The Morgan fingerprint density at radius 2 is 1.57 bits per heavy atom. The molecule has 0 saturated carbocycles. The quantitative estimate of drug-likeness (QED) is 0.0201. The molecular formula is C53H78N5O17PS. The van der Waals surface area contributed by atoms with Gasteiger partial charge in [-0.05, 0) is 74.7 Å². The second-order valence-electron chi connectivity index (χ2n) is 20.2.